The second-order valence-electron chi connectivity index (χ2n) is 8.03. The molecule has 4 aromatic rings. The molecule has 7 heteroatoms. The summed E-state index contributed by atoms with van der Waals surface area (Å²) < 4.78 is 1.65. The van der Waals surface area contributed by atoms with Crippen LogP contribution in [-0.2, 0) is 6.54 Å². The number of imide groups is 1. The Labute approximate surface area is 182 Å². The molecule has 1 unspecified atom stereocenters. The molecule has 1 aliphatic carbocycles. The number of aliphatic hydroxyl groups excluding tert-OH is 1. The van der Waals surface area contributed by atoms with E-state index >= 15 is 0 Å². The zero-order valence-electron chi connectivity index (χ0n) is 16.9. The van der Waals surface area contributed by atoms with Gasteiger partial charge in [0, 0.05) is 22.1 Å². The van der Waals surface area contributed by atoms with E-state index in [0.29, 0.717) is 27.9 Å². The number of amides is 2. The fourth-order valence-corrected chi connectivity index (χ4v) is 4.65. The van der Waals surface area contributed by atoms with Gasteiger partial charge >= 0.3 is 0 Å². The van der Waals surface area contributed by atoms with Crippen LogP contribution in [0, 0.1) is 0 Å². The normalized spacial score (nSPS) is 15.3. The Morgan fingerprint density at radius 3 is 2.00 bits per heavy atom. The fourth-order valence-electron chi connectivity index (χ4n) is 4.65. The average Bonchev–Trinajstić information content (AvgIpc) is 3.29. The van der Waals surface area contributed by atoms with E-state index < -0.39 is 17.9 Å². The SMILES string of the molecule is O=C1c2ccccc2-c2nn(CC(O)CN3C(=O)c4ccccc4C3=O)c3cccc1c23. The number of aromatic nitrogens is 2. The molecule has 6 rings (SSSR count). The van der Waals surface area contributed by atoms with Gasteiger partial charge in [-0.05, 0) is 18.2 Å². The Bertz CT molecular complexity index is 1430. The zero-order valence-corrected chi connectivity index (χ0v) is 16.9. The summed E-state index contributed by atoms with van der Waals surface area (Å²) in [4.78, 5) is 39.3. The van der Waals surface area contributed by atoms with Gasteiger partial charge in [0.1, 0.15) is 5.69 Å². The molecule has 0 saturated carbocycles. The Kier molecular flexibility index (Phi) is 3.90. The maximum Gasteiger partial charge on any atom is 0.261 e. The molecule has 7 nitrogen and oxygen atoms in total. The maximum atomic E-state index is 13.0. The van der Waals surface area contributed by atoms with Gasteiger partial charge in [0.15, 0.2) is 5.78 Å². The summed E-state index contributed by atoms with van der Waals surface area (Å²) in [5.74, 6) is -0.865. The van der Waals surface area contributed by atoms with E-state index in [2.05, 4.69) is 0 Å². The van der Waals surface area contributed by atoms with E-state index in [0.717, 1.165) is 21.4 Å². The lowest BCUT2D eigenvalue weighted by atomic mass is 9.87. The minimum absolute atomic E-state index is 0.0511. The number of hydrogen-bond donors (Lipinski definition) is 1. The number of hydrogen-bond acceptors (Lipinski definition) is 5. The second kappa shape index (κ2) is 6.70. The molecule has 1 aromatic heterocycles. The van der Waals surface area contributed by atoms with Crippen LogP contribution >= 0.6 is 0 Å². The fraction of sp³-hybridized carbons (Fsp3) is 0.120. The van der Waals surface area contributed by atoms with E-state index in [9.17, 15) is 19.5 Å². The minimum atomic E-state index is -1.02. The van der Waals surface area contributed by atoms with Crippen LogP contribution < -0.4 is 0 Å². The van der Waals surface area contributed by atoms with Crippen molar-refractivity contribution in [3.8, 4) is 11.3 Å². The van der Waals surface area contributed by atoms with Gasteiger partial charge in [0.05, 0.1) is 35.8 Å². The number of benzene rings is 3. The lowest BCUT2D eigenvalue weighted by Crippen LogP contribution is -2.38. The first kappa shape index (κ1) is 18.7. The first-order valence-electron chi connectivity index (χ1n) is 10.3. The number of carbonyl (C=O) groups is 3. The van der Waals surface area contributed by atoms with Crippen molar-refractivity contribution < 1.29 is 19.5 Å². The highest BCUT2D eigenvalue weighted by molar-refractivity contribution is 6.25. The average molecular weight is 423 g/mol. The molecule has 1 N–H and O–H groups in total. The first-order chi connectivity index (χ1) is 15.5. The molecule has 156 valence electrons. The summed E-state index contributed by atoms with van der Waals surface area (Å²) in [7, 11) is 0. The Morgan fingerprint density at radius 1 is 0.719 bits per heavy atom. The summed E-state index contributed by atoms with van der Waals surface area (Å²) in [6.07, 6.45) is -1.02. The van der Waals surface area contributed by atoms with Crippen molar-refractivity contribution >= 4 is 28.5 Å². The summed E-state index contributed by atoms with van der Waals surface area (Å²) in [6, 6.07) is 19.4. The van der Waals surface area contributed by atoms with Crippen molar-refractivity contribution in [3.05, 3.63) is 89.0 Å². The molecule has 3 aromatic carbocycles. The predicted octanol–water partition coefficient (Wildman–Crippen LogP) is 2.90. The van der Waals surface area contributed by atoms with Crippen LogP contribution in [0.3, 0.4) is 0 Å². The Hall–Kier alpha value is -4.10. The van der Waals surface area contributed by atoms with Crippen molar-refractivity contribution in [2.24, 2.45) is 0 Å². The number of rotatable bonds is 4. The van der Waals surface area contributed by atoms with Gasteiger partial charge in [-0.3, -0.25) is 24.0 Å². The minimum Gasteiger partial charge on any atom is -0.389 e. The summed E-state index contributed by atoms with van der Waals surface area (Å²) in [5, 5.41) is 16.2. The largest absolute Gasteiger partial charge is 0.389 e. The molecular weight excluding hydrogens is 406 g/mol. The highest BCUT2D eigenvalue weighted by atomic mass is 16.3. The summed E-state index contributed by atoms with van der Waals surface area (Å²) >= 11 is 0. The predicted molar refractivity (Wildman–Crippen MR) is 116 cm³/mol. The topological polar surface area (TPSA) is 92.5 Å². The molecule has 0 saturated heterocycles. The lowest BCUT2D eigenvalue weighted by molar-refractivity contribution is 0.0517. The van der Waals surface area contributed by atoms with Crippen LogP contribution in [0.1, 0.15) is 36.6 Å². The number of nitrogens with zero attached hydrogens (tertiary/aromatic N) is 3. The number of fused-ring (bicyclic) bond motifs is 3. The van der Waals surface area contributed by atoms with Gasteiger partial charge in [-0.2, -0.15) is 5.10 Å². The first-order valence-corrected chi connectivity index (χ1v) is 10.3. The third kappa shape index (κ3) is 2.52. The third-order valence-corrected chi connectivity index (χ3v) is 6.10. The van der Waals surface area contributed by atoms with Gasteiger partial charge in [0.2, 0.25) is 0 Å². The molecule has 2 amide bonds. The molecule has 1 aliphatic heterocycles. The quantitative estimate of drug-likeness (QED) is 0.449. The van der Waals surface area contributed by atoms with Gasteiger partial charge in [-0.25, -0.2) is 0 Å². The van der Waals surface area contributed by atoms with Gasteiger partial charge < -0.3 is 5.11 Å². The van der Waals surface area contributed by atoms with E-state index in [1.54, 1.807) is 47.1 Å². The molecule has 2 aliphatic rings. The molecule has 32 heavy (non-hydrogen) atoms. The van der Waals surface area contributed by atoms with E-state index in [4.69, 9.17) is 5.10 Å². The molecule has 2 heterocycles. The van der Waals surface area contributed by atoms with Crippen LogP contribution in [0.4, 0.5) is 0 Å². The van der Waals surface area contributed by atoms with Crippen molar-refractivity contribution in [2.45, 2.75) is 12.6 Å². The molecule has 0 fully saturated rings. The monoisotopic (exact) mass is 423 g/mol. The lowest BCUT2D eigenvalue weighted by Gasteiger charge is -2.18. The maximum absolute atomic E-state index is 13.0. The third-order valence-electron chi connectivity index (χ3n) is 6.10. The van der Waals surface area contributed by atoms with Crippen molar-refractivity contribution in [1.29, 1.82) is 0 Å². The second-order valence-corrected chi connectivity index (χ2v) is 8.03. The summed E-state index contributed by atoms with van der Waals surface area (Å²) in [6.45, 7) is -0.0675. The smallest absolute Gasteiger partial charge is 0.261 e. The van der Waals surface area contributed by atoms with E-state index in [-0.39, 0.29) is 18.9 Å². The van der Waals surface area contributed by atoms with Gasteiger partial charge in [-0.1, -0.05) is 48.5 Å². The van der Waals surface area contributed by atoms with Crippen LogP contribution in [0.15, 0.2) is 66.7 Å². The summed E-state index contributed by atoms with van der Waals surface area (Å²) in [5.41, 5.74) is 4.06. The number of carbonyl (C=O) groups excluding carboxylic acids is 3. The standard InChI is InChI=1S/C25H17N3O4/c29-14(12-27-24(31)17-8-3-4-9-18(17)25(27)32)13-28-20-11-5-10-19-21(20)22(26-28)15-6-1-2-7-16(15)23(19)30/h1-11,14,29H,12-13H2. The number of aliphatic hydroxyl groups is 1. The van der Waals surface area contributed by atoms with Crippen molar-refractivity contribution in [2.75, 3.05) is 6.54 Å². The van der Waals surface area contributed by atoms with Crippen LogP contribution in [0.2, 0.25) is 0 Å². The van der Waals surface area contributed by atoms with E-state index in [1.165, 1.54) is 0 Å². The van der Waals surface area contributed by atoms with Crippen LogP contribution in [0.5, 0.6) is 0 Å². The molecule has 0 spiro atoms. The van der Waals surface area contributed by atoms with Gasteiger partial charge in [-0.15, -0.1) is 0 Å². The number of β-amino-alcohol motifs (C(OH)–C–C–N with tert-alkyl or cyclic N) is 1. The van der Waals surface area contributed by atoms with Crippen molar-refractivity contribution in [1.82, 2.24) is 14.7 Å². The molecule has 1 atom stereocenters. The zero-order chi connectivity index (χ0) is 22.0. The highest BCUT2D eigenvalue weighted by Crippen LogP contribution is 2.38. The number of ketones is 1. The van der Waals surface area contributed by atoms with E-state index in [1.807, 2.05) is 24.3 Å². The molecular formula is C25H17N3O4. The Morgan fingerprint density at radius 2 is 1.31 bits per heavy atom. The van der Waals surface area contributed by atoms with Crippen LogP contribution in [-0.4, -0.2) is 50.0 Å². The molecule has 0 bridgehead atoms. The molecule has 0 radical (unpaired) electrons. The highest BCUT2D eigenvalue weighted by Gasteiger charge is 2.36. The van der Waals surface area contributed by atoms with Crippen LogP contribution in [0.25, 0.3) is 22.2 Å². The van der Waals surface area contributed by atoms with Crippen molar-refractivity contribution in [3.63, 3.8) is 0 Å². The Balaban J connectivity index is 1.34. The van der Waals surface area contributed by atoms with Gasteiger partial charge in [0.25, 0.3) is 11.8 Å².